The molecule has 0 amide bonds. The maximum absolute atomic E-state index is 12.2. The van der Waals surface area contributed by atoms with E-state index in [1.54, 1.807) is 0 Å². The molecular formula is C5H8F2O3. The van der Waals surface area contributed by atoms with Crippen molar-refractivity contribution in [1.82, 2.24) is 0 Å². The highest BCUT2D eigenvalue weighted by Crippen LogP contribution is 2.17. The average Bonchev–Trinajstić information content (AvgIpc) is 1.90. The first-order chi connectivity index (χ1) is 4.58. The van der Waals surface area contributed by atoms with Crippen LogP contribution in [-0.4, -0.2) is 32.7 Å². The van der Waals surface area contributed by atoms with Gasteiger partial charge in [-0.1, -0.05) is 0 Å². The fourth-order valence-corrected chi connectivity index (χ4v) is 0.466. The summed E-state index contributed by atoms with van der Waals surface area (Å²) in [7, 11) is 2.07. The number of alkyl halides is 2. The molecule has 0 aromatic carbocycles. The fraction of sp³-hybridized carbons (Fsp3) is 0.800. The molecule has 0 unspecified atom stereocenters. The Morgan fingerprint density at radius 3 is 1.90 bits per heavy atom. The molecule has 0 aromatic rings. The molecule has 0 bridgehead atoms. The Labute approximate surface area is 56.9 Å². The minimum absolute atomic E-state index is 0.509. The largest absolute Gasteiger partial charge is 0.351 e. The zero-order valence-electron chi connectivity index (χ0n) is 5.64. The number of carbonyl (C=O) groups is 1. The second-order valence-corrected chi connectivity index (χ2v) is 1.60. The number of aldehydes is 1. The van der Waals surface area contributed by atoms with Gasteiger partial charge in [-0.3, -0.25) is 4.79 Å². The monoisotopic (exact) mass is 154 g/mol. The van der Waals surface area contributed by atoms with Crippen molar-refractivity contribution in [2.75, 3.05) is 14.2 Å². The first-order valence-corrected chi connectivity index (χ1v) is 2.48. The molecule has 0 aromatic heterocycles. The van der Waals surface area contributed by atoms with E-state index in [4.69, 9.17) is 0 Å². The van der Waals surface area contributed by atoms with Crippen molar-refractivity contribution in [1.29, 1.82) is 0 Å². The van der Waals surface area contributed by atoms with Gasteiger partial charge in [-0.15, -0.1) is 0 Å². The molecule has 5 heteroatoms. The maximum atomic E-state index is 12.2. The van der Waals surface area contributed by atoms with E-state index < -0.39 is 18.5 Å². The molecule has 0 fully saturated rings. The van der Waals surface area contributed by atoms with Gasteiger partial charge in [-0.25, -0.2) is 0 Å². The van der Waals surface area contributed by atoms with E-state index in [-0.39, 0.29) is 0 Å². The van der Waals surface area contributed by atoms with Crippen molar-refractivity contribution in [3.05, 3.63) is 0 Å². The third-order valence-corrected chi connectivity index (χ3v) is 0.900. The van der Waals surface area contributed by atoms with Crippen LogP contribution in [0, 0.1) is 0 Å². The molecule has 0 atom stereocenters. The molecule has 0 heterocycles. The molecule has 0 aliphatic heterocycles. The summed E-state index contributed by atoms with van der Waals surface area (Å²) in [6, 6.07) is 0. The summed E-state index contributed by atoms with van der Waals surface area (Å²) >= 11 is 0. The Balaban J connectivity index is 4.10. The molecule has 0 N–H and O–H groups in total. The Hall–Kier alpha value is -0.550. The molecule has 60 valence electrons. The second kappa shape index (κ2) is 3.58. The molecule has 0 aliphatic carbocycles. The molecule has 0 saturated carbocycles. The van der Waals surface area contributed by atoms with Gasteiger partial charge in [0.25, 0.3) is 0 Å². The lowest BCUT2D eigenvalue weighted by Gasteiger charge is -2.18. The van der Waals surface area contributed by atoms with E-state index in [0.29, 0.717) is 0 Å². The predicted octanol–water partition coefficient (Wildman–Crippen LogP) is 0.440. The Morgan fingerprint density at radius 1 is 1.40 bits per heavy atom. The van der Waals surface area contributed by atoms with Crippen LogP contribution in [-0.2, 0) is 14.3 Å². The van der Waals surface area contributed by atoms with Gasteiger partial charge in [0, 0.05) is 14.2 Å². The highest BCUT2D eigenvalue weighted by molar-refractivity contribution is 5.60. The van der Waals surface area contributed by atoms with Crippen LogP contribution in [0.2, 0.25) is 0 Å². The summed E-state index contributed by atoms with van der Waals surface area (Å²) in [6.45, 7) is 0. The van der Waals surface area contributed by atoms with Crippen molar-refractivity contribution in [3.8, 4) is 0 Å². The third kappa shape index (κ3) is 2.00. The standard InChI is InChI=1S/C5H8F2O3/c1-9-4(10-2)5(6,7)3-8/h3-4H,1-2H3. The van der Waals surface area contributed by atoms with Gasteiger partial charge >= 0.3 is 5.92 Å². The Kier molecular flexibility index (Phi) is 3.38. The van der Waals surface area contributed by atoms with Crippen LogP contribution in [0.4, 0.5) is 8.78 Å². The molecule has 0 rings (SSSR count). The Bertz CT molecular complexity index is 111. The number of hydrogen-bond donors (Lipinski definition) is 0. The first kappa shape index (κ1) is 9.45. The molecule has 10 heavy (non-hydrogen) atoms. The van der Waals surface area contributed by atoms with Gasteiger partial charge < -0.3 is 9.47 Å². The van der Waals surface area contributed by atoms with Crippen LogP contribution >= 0.6 is 0 Å². The van der Waals surface area contributed by atoms with Crippen molar-refractivity contribution in [2.24, 2.45) is 0 Å². The number of halogens is 2. The molecule has 0 spiro atoms. The van der Waals surface area contributed by atoms with Gasteiger partial charge in [0.1, 0.15) is 0 Å². The second-order valence-electron chi connectivity index (χ2n) is 1.60. The number of methoxy groups -OCH3 is 2. The molecule has 3 nitrogen and oxygen atoms in total. The van der Waals surface area contributed by atoms with E-state index in [2.05, 4.69) is 9.47 Å². The van der Waals surface area contributed by atoms with Crippen molar-refractivity contribution >= 4 is 6.29 Å². The van der Waals surface area contributed by atoms with Crippen LogP contribution in [0.3, 0.4) is 0 Å². The van der Waals surface area contributed by atoms with Gasteiger partial charge in [0.15, 0.2) is 6.29 Å². The molecule has 0 aliphatic rings. The number of hydrogen-bond acceptors (Lipinski definition) is 3. The maximum Gasteiger partial charge on any atom is 0.351 e. The molecular weight excluding hydrogens is 146 g/mol. The quantitative estimate of drug-likeness (QED) is 0.435. The van der Waals surface area contributed by atoms with Crippen molar-refractivity contribution in [3.63, 3.8) is 0 Å². The van der Waals surface area contributed by atoms with E-state index in [9.17, 15) is 13.6 Å². The SMILES string of the molecule is COC(OC)C(F)(F)C=O. The molecule has 0 saturated heterocycles. The normalized spacial score (nSPS) is 12.1. The minimum atomic E-state index is -3.57. The number of carbonyl (C=O) groups excluding carboxylic acids is 1. The van der Waals surface area contributed by atoms with Gasteiger partial charge in [0.05, 0.1) is 0 Å². The van der Waals surface area contributed by atoms with Gasteiger partial charge in [0.2, 0.25) is 6.29 Å². The van der Waals surface area contributed by atoms with E-state index in [0.717, 1.165) is 14.2 Å². The lowest BCUT2D eigenvalue weighted by molar-refractivity contribution is -0.222. The van der Waals surface area contributed by atoms with Crippen molar-refractivity contribution in [2.45, 2.75) is 12.2 Å². The highest BCUT2D eigenvalue weighted by atomic mass is 19.3. The zero-order valence-corrected chi connectivity index (χ0v) is 5.64. The average molecular weight is 154 g/mol. The van der Waals surface area contributed by atoms with Crippen molar-refractivity contribution < 1.29 is 23.0 Å². The van der Waals surface area contributed by atoms with E-state index in [1.165, 1.54) is 0 Å². The smallest absolute Gasteiger partial charge is 0.350 e. The molecule has 0 radical (unpaired) electrons. The number of rotatable bonds is 4. The Morgan fingerprint density at radius 2 is 1.80 bits per heavy atom. The summed E-state index contributed by atoms with van der Waals surface area (Å²) in [5.41, 5.74) is 0. The lowest BCUT2D eigenvalue weighted by atomic mass is 10.4. The summed E-state index contributed by atoms with van der Waals surface area (Å²) in [4.78, 5) is 9.68. The minimum Gasteiger partial charge on any atom is -0.350 e. The van der Waals surface area contributed by atoms with Crippen LogP contribution in [0.25, 0.3) is 0 Å². The van der Waals surface area contributed by atoms with Crippen LogP contribution in [0.5, 0.6) is 0 Å². The topological polar surface area (TPSA) is 35.5 Å². The summed E-state index contributed by atoms with van der Waals surface area (Å²) < 4.78 is 32.7. The number of ether oxygens (including phenoxy) is 2. The predicted molar refractivity (Wildman–Crippen MR) is 28.8 cm³/mol. The lowest BCUT2D eigenvalue weighted by Crippen LogP contribution is -2.37. The van der Waals surface area contributed by atoms with Crippen LogP contribution in [0.15, 0.2) is 0 Å². The zero-order chi connectivity index (χ0) is 8.20. The van der Waals surface area contributed by atoms with Crippen LogP contribution in [0.1, 0.15) is 0 Å². The summed E-state index contributed by atoms with van der Waals surface area (Å²) in [5, 5.41) is 0. The summed E-state index contributed by atoms with van der Waals surface area (Å²) in [5.74, 6) is -3.57. The third-order valence-electron chi connectivity index (χ3n) is 0.900. The highest BCUT2D eigenvalue weighted by Gasteiger charge is 2.40. The van der Waals surface area contributed by atoms with E-state index >= 15 is 0 Å². The van der Waals surface area contributed by atoms with E-state index in [1.807, 2.05) is 0 Å². The van der Waals surface area contributed by atoms with Crippen LogP contribution < -0.4 is 0 Å². The van der Waals surface area contributed by atoms with Gasteiger partial charge in [-0.2, -0.15) is 8.78 Å². The fourth-order valence-electron chi connectivity index (χ4n) is 0.466. The first-order valence-electron chi connectivity index (χ1n) is 2.48. The van der Waals surface area contributed by atoms with Gasteiger partial charge in [-0.05, 0) is 0 Å². The summed E-state index contributed by atoms with van der Waals surface area (Å²) in [6.07, 6.45) is -2.30.